The predicted octanol–water partition coefficient (Wildman–Crippen LogP) is 0.599. The van der Waals surface area contributed by atoms with Gasteiger partial charge in [0.25, 0.3) is 5.69 Å². The van der Waals surface area contributed by atoms with Gasteiger partial charge < -0.3 is 15.5 Å². The van der Waals surface area contributed by atoms with E-state index >= 15 is 0 Å². The Morgan fingerprint density at radius 2 is 2.00 bits per heavy atom. The first-order valence-electron chi connectivity index (χ1n) is 5.36. The SMILES string of the molecule is CCNC(CO)C(O)c1ccc([N+](=O)[O-])cc1. The molecule has 0 aliphatic heterocycles. The minimum atomic E-state index is -0.888. The average Bonchev–Trinajstić information content (AvgIpc) is 2.35. The fourth-order valence-corrected chi connectivity index (χ4v) is 1.56. The zero-order chi connectivity index (χ0) is 12.8. The van der Waals surface area contributed by atoms with Crippen LogP contribution in [0.2, 0.25) is 0 Å². The van der Waals surface area contributed by atoms with Gasteiger partial charge in [-0.3, -0.25) is 10.1 Å². The number of nitrogens with zero attached hydrogens (tertiary/aromatic N) is 1. The molecule has 0 bridgehead atoms. The van der Waals surface area contributed by atoms with Crippen LogP contribution in [0.3, 0.4) is 0 Å². The van der Waals surface area contributed by atoms with Gasteiger partial charge in [0.15, 0.2) is 0 Å². The molecule has 2 atom stereocenters. The molecule has 0 amide bonds. The van der Waals surface area contributed by atoms with Crippen LogP contribution in [0.5, 0.6) is 0 Å². The van der Waals surface area contributed by atoms with Crippen molar-refractivity contribution in [3.05, 3.63) is 39.9 Å². The van der Waals surface area contributed by atoms with E-state index in [2.05, 4.69) is 5.32 Å². The normalized spacial score (nSPS) is 14.3. The maximum Gasteiger partial charge on any atom is 0.269 e. The number of aliphatic hydroxyl groups excluding tert-OH is 2. The monoisotopic (exact) mass is 240 g/mol. The second-order valence-corrected chi connectivity index (χ2v) is 3.64. The van der Waals surface area contributed by atoms with E-state index in [1.807, 2.05) is 6.92 Å². The van der Waals surface area contributed by atoms with Crippen molar-refractivity contribution in [2.24, 2.45) is 0 Å². The van der Waals surface area contributed by atoms with Crippen LogP contribution in [-0.4, -0.2) is 34.3 Å². The number of hydrogen-bond acceptors (Lipinski definition) is 5. The predicted molar refractivity (Wildman–Crippen MR) is 62.6 cm³/mol. The molecule has 0 aromatic heterocycles. The lowest BCUT2D eigenvalue weighted by atomic mass is 10.0. The van der Waals surface area contributed by atoms with Gasteiger partial charge in [0.05, 0.1) is 23.7 Å². The second-order valence-electron chi connectivity index (χ2n) is 3.64. The molecule has 1 aromatic carbocycles. The van der Waals surface area contributed by atoms with Crippen LogP contribution in [-0.2, 0) is 0 Å². The van der Waals surface area contributed by atoms with Crippen LogP contribution in [0.4, 0.5) is 5.69 Å². The molecule has 0 heterocycles. The van der Waals surface area contributed by atoms with Crippen molar-refractivity contribution in [3.8, 4) is 0 Å². The Kier molecular flexibility index (Phi) is 5.02. The molecule has 1 rings (SSSR count). The van der Waals surface area contributed by atoms with E-state index < -0.39 is 17.1 Å². The summed E-state index contributed by atoms with van der Waals surface area (Å²) < 4.78 is 0. The largest absolute Gasteiger partial charge is 0.395 e. The molecule has 0 saturated heterocycles. The molecule has 94 valence electrons. The Morgan fingerprint density at radius 3 is 2.41 bits per heavy atom. The highest BCUT2D eigenvalue weighted by atomic mass is 16.6. The van der Waals surface area contributed by atoms with Crippen molar-refractivity contribution >= 4 is 5.69 Å². The summed E-state index contributed by atoms with van der Waals surface area (Å²) in [6.45, 7) is 2.28. The minimum absolute atomic E-state index is 0.0232. The zero-order valence-electron chi connectivity index (χ0n) is 9.54. The second kappa shape index (κ2) is 6.29. The molecular formula is C11H16N2O4. The first-order chi connectivity index (χ1) is 8.10. The van der Waals surface area contributed by atoms with E-state index in [-0.39, 0.29) is 12.3 Å². The van der Waals surface area contributed by atoms with Gasteiger partial charge in [0, 0.05) is 12.1 Å². The third-order valence-corrected chi connectivity index (χ3v) is 2.49. The van der Waals surface area contributed by atoms with Gasteiger partial charge in [-0.1, -0.05) is 6.92 Å². The Hall–Kier alpha value is -1.50. The minimum Gasteiger partial charge on any atom is -0.395 e. The summed E-state index contributed by atoms with van der Waals surface area (Å²) in [5, 5.41) is 32.4. The highest BCUT2D eigenvalue weighted by Crippen LogP contribution is 2.20. The molecule has 1 aromatic rings. The summed E-state index contributed by atoms with van der Waals surface area (Å²) in [6.07, 6.45) is -0.888. The maximum atomic E-state index is 10.5. The van der Waals surface area contributed by atoms with E-state index in [9.17, 15) is 15.2 Å². The van der Waals surface area contributed by atoms with E-state index in [1.165, 1.54) is 24.3 Å². The lowest BCUT2D eigenvalue weighted by molar-refractivity contribution is -0.384. The van der Waals surface area contributed by atoms with Crippen molar-refractivity contribution in [3.63, 3.8) is 0 Å². The third kappa shape index (κ3) is 3.48. The molecule has 17 heavy (non-hydrogen) atoms. The standard InChI is InChI=1S/C11H16N2O4/c1-2-12-10(7-14)11(15)8-3-5-9(6-4-8)13(16)17/h3-6,10-12,14-15H,2,7H2,1H3. The van der Waals surface area contributed by atoms with Crippen LogP contribution in [0, 0.1) is 10.1 Å². The van der Waals surface area contributed by atoms with Crippen molar-refractivity contribution in [1.82, 2.24) is 5.32 Å². The van der Waals surface area contributed by atoms with Gasteiger partial charge in [-0.05, 0) is 24.2 Å². The van der Waals surface area contributed by atoms with Crippen molar-refractivity contribution in [2.75, 3.05) is 13.2 Å². The number of benzene rings is 1. The van der Waals surface area contributed by atoms with Gasteiger partial charge in [-0.15, -0.1) is 0 Å². The van der Waals surface area contributed by atoms with E-state index in [4.69, 9.17) is 5.11 Å². The molecular weight excluding hydrogens is 224 g/mol. The topological polar surface area (TPSA) is 95.6 Å². The Morgan fingerprint density at radius 1 is 1.41 bits per heavy atom. The number of nitro benzene ring substituents is 1. The molecule has 2 unspecified atom stereocenters. The number of rotatable bonds is 6. The van der Waals surface area contributed by atoms with Crippen molar-refractivity contribution < 1.29 is 15.1 Å². The van der Waals surface area contributed by atoms with Gasteiger partial charge in [-0.2, -0.15) is 0 Å². The van der Waals surface area contributed by atoms with Crippen LogP contribution in [0.1, 0.15) is 18.6 Å². The van der Waals surface area contributed by atoms with Crippen LogP contribution >= 0.6 is 0 Å². The van der Waals surface area contributed by atoms with Gasteiger partial charge in [0.2, 0.25) is 0 Å². The van der Waals surface area contributed by atoms with Crippen LogP contribution in [0.15, 0.2) is 24.3 Å². The van der Waals surface area contributed by atoms with Gasteiger partial charge in [0.1, 0.15) is 0 Å². The number of likely N-dealkylation sites (N-methyl/N-ethyl adjacent to an activating group) is 1. The quantitative estimate of drug-likeness (QED) is 0.500. The molecule has 0 saturated carbocycles. The molecule has 0 spiro atoms. The molecule has 0 radical (unpaired) electrons. The summed E-state index contributed by atoms with van der Waals surface area (Å²) >= 11 is 0. The molecule has 0 aliphatic rings. The maximum absolute atomic E-state index is 10.5. The summed E-state index contributed by atoms with van der Waals surface area (Å²) in [5.74, 6) is 0. The number of hydrogen-bond donors (Lipinski definition) is 3. The first kappa shape index (κ1) is 13.6. The van der Waals surface area contributed by atoms with E-state index in [0.717, 1.165) is 0 Å². The molecule has 6 heteroatoms. The number of non-ortho nitro benzene ring substituents is 1. The zero-order valence-corrected chi connectivity index (χ0v) is 9.54. The summed E-state index contributed by atoms with van der Waals surface area (Å²) in [4.78, 5) is 9.97. The summed E-state index contributed by atoms with van der Waals surface area (Å²) in [5.41, 5.74) is 0.514. The fourth-order valence-electron chi connectivity index (χ4n) is 1.56. The molecule has 3 N–H and O–H groups in total. The number of aliphatic hydroxyl groups is 2. The van der Waals surface area contributed by atoms with Crippen molar-refractivity contribution in [1.29, 1.82) is 0 Å². The van der Waals surface area contributed by atoms with Crippen molar-refractivity contribution in [2.45, 2.75) is 19.1 Å². The lowest BCUT2D eigenvalue weighted by Crippen LogP contribution is -2.37. The summed E-state index contributed by atoms with van der Waals surface area (Å²) in [6, 6.07) is 5.17. The molecule has 0 aliphatic carbocycles. The lowest BCUT2D eigenvalue weighted by Gasteiger charge is -2.21. The average molecular weight is 240 g/mol. The number of nitrogens with one attached hydrogen (secondary N) is 1. The molecule has 0 fully saturated rings. The van der Waals surface area contributed by atoms with E-state index in [0.29, 0.717) is 12.1 Å². The Labute approximate surface area is 99.0 Å². The van der Waals surface area contributed by atoms with Gasteiger partial charge in [-0.25, -0.2) is 0 Å². The highest BCUT2D eigenvalue weighted by Gasteiger charge is 2.19. The Bertz CT molecular complexity index is 366. The fraction of sp³-hybridized carbons (Fsp3) is 0.455. The Balaban J connectivity index is 2.81. The van der Waals surface area contributed by atoms with E-state index in [1.54, 1.807) is 0 Å². The number of nitro groups is 1. The van der Waals surface area contributed by atoms with Gasteiger partial charge >= 0.3 is 0 Å². The van der Waals surface area contributed by atoms with Crippen LogP contribution < -0.4 is 5.32 Å². The molecule has 6 nitrogen and oxygen atoms in total. The highest BCUT2D eigenvalue weighted by molar-refractivity contribution is 5.34. The summed E-state index contributed by atoms with van der Waals surface area (Å²) in [7, 11) is 0. The third-order valence-electron chi connectivity index (χ3n) is 2.49. The van der Waals surface area contributed by atoms with Crippen LogP contribution in [0.25, 0.3) is 0 Å². The first-order valence-corrected chi connectivity index (χ1v) is 5.36. The smallest absolute Gasteiger partial charge is 0.269 e.